The van der Waals surface area contributed by atoms with Gasteiger partial charge in [-0.1, -0.05) is 0 Å². The molecular formula is C18H23N3O2. The van der Waals surface area contributed by atoms with Crippen molar-refractivity contribution in [2.24, 2.45) is 0 Å². The predicted molar refractivity (Wildman–Crippen MR) is 92.1 cm³/mol. The molecular weight excluding hydrogens is 290 g/mol. The molecule has 1 unspecified atom stereocenters. The van der Waals surface area contributed by atoms with Crippen molar-refractivity contribution >= 4 is 22.6 Å². The Balaban J connectivity index is 1.91. The van der Waals surface area contributed by atoms with Crippen LogP contribution in [0.5, 0.6) is 5.75 Å². The molecule has 1 saturated heterocycles. The minimum atomic E-state index is 0.0317. The number of carbonyl (C=O) groups is 1. The zero-order chi connectivity index (χ0) is 16.4. The summed E-state index contributed by atoms with van der Waals surface area (Å²) in [5.74, 6) is 1.82. The van der Waals surface area contributed by atoms with Crippen LogP contribution in [0.1, 0.15) is 25.3 Å². The van der Waals surface area contributed by atoms with E-state index >= 15 is 0 Å². The highest BCUT2D eigenvalue weighted by atomic mass is 16.5. The second kappa shape index (κ2) is 6.44. The third-order valence-corrected chi connectivity index (χ3v) is 4.36. The fraction of sp³-hybridized carbons (Fsp3) is 0.444. The summed E-state index contributed by atoms with van der Waals surface area (Å²) in [5, 5.41) is 4.17. The summed E-state index contributed by atoms with van der Waals surface area (Å²) in [7, 11) is 1.67. The summed E-state index contributed by atoms with van der Waals surface area (Å²) in [4.78, 5) is 18.4. The van der Waals surface area contributed by atoms with Gasteiger partial charge in [0, 0.05) is 37.5 Å². The second-order valence-corrected chi connectivity index (χ2v) is 6.17. The standard InChI is InChI=1S/C18H23N3O2/c1-12-9-18(20-17-10-15(23-3)6-7-16(12)17)21-8-4-5-14(11-21)19-13(2)22/h6-7,9-10,14H,4-5,8,11H2,1-3H3,(H,19,22). The summed E-state index contributed by atoms with van der Waals surface area (Å²) < 4.78 is 5.31. The first-order valence-electron chi connectivity index (χ1n) is 8.04. The van der Waals surface area contributed by atoms with Crippen LogP contribution in [-0.4, -0.2) is 37.1 Å². The van der Waals surface area contributed by atoms with Gasteiger partial charge in [0.05, 0.1) is 12.6 Å². The van der Waals surface area contributed by atoms with E-state index < -0.39 is 0 Å². The summed E-state index contributed by atoms with van der Waals surface area (Å²) >= 11 is 0. The van der Waals surface area contributed by atoms with Gasteiger partial charge in [-0.15, -0.1) is 0 Å². The Morgan fingerprint density at radius 2 is 2.22 bits per heavy atom. The Morgan fingerprint density at radius 3 is 2.96 bits per heavy atom. The van der Waals surface area contributed by atoms with Crippen molar-refractivity contribution in [2.45, 2.75) is 32.7 Å². The minimum absolute atomic E-state index is 0.0317. The number of amides is 1. The molecule has 1 amide bonds. The van der Waals surface area contributed by atoms with Crippen LogP contribution >= 0.6 is 0 Å². The van der Waals surface area contributed by atoms with Crippen LogP contribution in [0.25, 0.3) is 10.9 Å². The third kappa shape index (κ3) is 3.38. The molecule has 1 N–H and O–H groups in total. The lowest BCUT2D eigenvalue weighted by Crippen LogP contribution is -2.47. The van der Waals surface area contributed by atoms with Crippen LogP contribution in [0.4, 0.5) is 5.82 Å². The number of piperidine rings is 1. The Labute approximate surface area is 136 Å². The number of nitrogens with zero attached hydrogens (tertiary/aromatic N) is 2. The van der Waals surface area contributed by atoms with Gasteiger partial charge >= 0.3 is 0 Å². The second-order valence-electron chi connectivity index (χ2n) is 6.17. The number of benzene rings is 1. The molecule has 1 aromatic carbocycles. The van der Waals surface area contributed by atoms with Gasteiger partial charge in [-0.3, -0.25) is 4.79 Å². The molecule has 2 heterocycles. The normalized spacial score (nSPS) is 18.0. The first-order valence-corrected chi connectivity index (χ1v) is 8.04. The first-order chi connectivity index (χ1) is 11.1. The highest BCUT2D eigenvalue weighted by Crippen LogP contribution is 2.27. The molecule has 23 heavy (non-hydrogen) atoms. The Kier molecular flexibility index (Phi) is 4.37. The van der Waals surface area contributed by atoms with Gasteiger partial charge in [-0.2, -0.15) is 0 Å². The topological polar surface area (TPSA) is 54.5 Å². The monoisotopic (exact) mass is 313 g/mol. The van der Waals surface area contributed by atoms with Crippen LogP contribution in [0, 0.1) is 6.92 Å². The van der Waals surface area contributed by atoms with Crippen molar-refractivity contribution in [2.75, 3.05) is 25.1 Å². The largest absolute Gasteiger partial charge is 0.497 e. The molecule has 1 aliphatic heterocycles. The van der Waals surface area contributed by atoms with Crippen molar-refractivity contribution in [3.05, 3.63) is 29.8 Å². The zero-order valence-corrected chi connectivity index (χ0v) is 13.9. The van der Waals surface area contributed by atoms with Gasteiger partial charge in [-0.25, -0.2) is 4.98 Å². The van der Waals surface area contributed by atoms with Gasteiger partial charge in [0.1, 0.15) is 11.6 Å². The van der Waals surface area contributed by atoms with E-state index in [-0.39, 0.29) is 11.9 Å². The van der Waals surface area contributed by atoms with Crippen LogP contribution in [-0.2, 0) is 4.79 Å². The van der Waals surface area contributed by atoms with Crippen molar-refractivity contribution in [1.82, 2.24) is 10.3 Å². The molecule has 2 aromatic rings. The number of aromatic nitrogens is 1. The molecule has 3 rings (SSSR count). The van der Waals surface area contributed by atoms with Crippen molar-refractivity contribution in [3.8, 4) is 5.75 Å². The van der Waals surface area contributed by atoms with Crippen LogP contribution in [0.15, 0.2) is 24.3 Å². The number of fused-ring (bicyclic) bond motifs is 1. The molecule has 0 spiro atoms. The molecule has 0 bridgehead atoms. The zero-order valence-electron chi connectivity index (χ0n) is 13.9. The lowest BCUT2D eigenvalue weighted by atomic mass is 10.0. The molecule has 0 radical (unpaired) electrons. The van der Waals surface area contributed by atoms with Crippen LogP contribution in [0.2, 0.25) is 0 Å². The number of anilines is 1. The molecule has 1 fully saturated rings. The van der Waals surface area contributed by atoms with Crippen molar-refractivity contribution in [1.29, 1.82) is 0 Å². The van der Waals surface area contributed by atoms with E-state index in [1.807, 2.05) is 12.1 Å². The lowest BCUT2D eigenvalue weighted by molar-refractivity contribution is -0.119. The van der Waals surface area contributed by atoms with E-state index in [2.05, 4.69) is 29.3 Å². The van der Waals surface area contributed by atoms with E-state index in [1.165, 1.54) is 5.56 Å². The molecule has 0 saturated carbocycles. The smallest absolute Gasteiger partial charge is 0.217 e. The highest BCUT2D eigenvalue weighted by Gasteiger charge is 2.22. The van der Waals surface area contributed by atoms with Crippen molar-refractivity contribution in [3.63, 3.8) is 0 Å². The number of rotatable bonds is 3. The van der Waals surface area contributed by atoms with Gasteiger partial charge in [0.15, 0.2) is 0 Å². The summed E-state index contributed by atoms with van der Waals surface area (Å²) in [6, 6.07) is 8.32. The van der Waals surface area contributed by atoms with Crippen LogP contribution < -0.4 is 15.0 Å². The molecule has 0 aliphatic carbocycles. The number of carbonyl (C=O) groups excluding carboxylic acids is 1. The molecule has 5 heteroatoms. The Bertz CT molecular complexity index is 730. The van der Waals surface area contributed by atoms with Gasteiger partial charge in [-0.05, 0) is 43.5 Å². The average molecular weight is 313 g/mol. The Hall–Kier alpha value is -2.30. The maximum absolute atomic E-state index is 11.3. The van der Waals surface area contributed by atoms with Gasteiger partial charge < -0.3 is 15.0 Å². The summed E-state index contributed by atoms with van der Waals surface area (Å²) in [5.41, 5.74) is 2.15. The van der Waals surface area contributed by atoms with Gasteiger partial charge in [0.2, 0.25) is 5.91 Å². The van der Waals surface area contributed by atoms with Crippen molar-refractivity contribution < 1.29 is 9.53 Å². The minimum Gasteiger partial charge on any atom is -0.497 e. The lowest BCUT2D eigenvalue weighted by Gasteiger charge is -2.34. The molecule has 1 aliphatic rings. The fourth-order valence-electron chi connectivity index (χ4n) is 3.24. The number of ether oxygens (including phenoxy) is 1. The van der Waals surface area contributed by atoms with E-state index in [0.717, 1.165) is 48.4 Å². The SMILES string of the molecule is COc1ccc2c(C)cc(N3CCCC(NC(C)=O)C3)nc2c1. The van der Waals surface area contributed by atoms with E-state index in [1.54, 1.807) is 14.0 Å². The quantitative estimate of drug-likeness (QED) is 0.946. The highest BCUT2D eigenvalue weighted by molar-refractivity contribution is 5.85. The number of hydrogen-bond acceptors (Lipinski definition) is 4. The number of nitrogens with one attached hydrogen (secondary N) is 1. The summed E-state index contributed by atoms with van der Waals surface area (Å²) in [6.45, 7) is 5.46. The fourth-order valence-corrected chi connectivity index (χ4v) is 3.24. The molecule has 1 atom stereocenters. The number of hydrogen-bond donors (Lipinski definition) is 1. The predicted octanol–water partition coefficient (Wildman–Crippen LogP) is 2.66. The number of methoxy groups -OCH3 is 1. The number of aryl methyl sites for hydroxylation is 1. The maximum atomic E-state index is 11.3. The molecule has 122 valence electrons. The molecule has 5 nitrogen and oxygen atoms in total. The Morgan fingerprint density at radius 1 is 1.39 bits per heavy atom. The first kappa shape index (κ1) is 15.6. The third-order valence-electron chi connectivity index (χ3n) is 4.36. The van der Waals surface area contributed by atoms with E-state index in [9.17, 15) is 4.79 Å². The van der Waals surface area contributed by atoms with E-state index in [0.29, 0.717) is 0 Å². The molecule has 1 aromatic heterocycles. The van der Waals surface area contributed by atoms with E-state index in [4.69, 9.17) is 9.72 Å². The summed E-state index contributed by atoms with van der Waals surface area (Å²) in [6.07, 6.45) is 2.08. The maximum Gasteiger partial charge on any atom is 0.217 e. The van der Waals surface area contributed by atoms with Gasteiger partial charge in [0.25, 0.3) is 0 Å². The number of pyridine rings is 1. The average Bonchev–Trinajstić information content (AvgIpc) is 2.53. The van der Waals surface area contributed by atoms with Crippen LogP contribution in [0.3, 0.4) is 0 Å².